The molecule has 5 nitrogen and oxygen atoms in total. The van der Waals surface area contributed by atoms with Crippen LogP contribution in [0.5, 0.6) is 0 Å². The van der Waals surface area contributed by atoms with Crippen molar-refractivity contribution in [3.05, 3.63) is 59.1 Å². The molecule has 1 amide bonds. The number of amides is 1. The van der Waals surface area contributed by atoms with Gasteiger partial charge in [-0.2, -0.15) is 0 Å². The van der Waals surface area contributed by atoms with Crippen LogP contribution in [-0.4, -0.2) is 49.0 Å². The van der Waals surface area contributed by atoms with E-state index in [-0.39, 0.29) is 5.91 Å². The van der Waals surface area contributed by atoms with Crippen LogP contribution in [0.1, 0.15) is 5.56 Å². The summed E-state index contributed by atoms with van der Waals surface area (Å²) in [5.74, 6) is -0.192. The molecule has 4 rings (SSSR count). The predicted octanol–water partition coefficient (Wildman–Crippen LogP) is 4.35. The lowest BCUT2D eigenvalue weighted by atomic mass is 10.2. The van der Waals surface area contributed by atoms with Gasteiger partial charge in [0.25, 0.3) is 0 Å². The van der Waals surface area contributed by atoms with Gasteiger partial charge in [-0.05, 0) is 43.0 Å². The van der Waals surface area contributed by atoms with Gasteiger partial charge in [0.15, 0.2) is 5.13 Å². The number of benzene rings is 2. The molecule has 144 valence electrons. The van der Waals surface area contributed by atoms with Gasteiger partial charge in [0.05, 0.1) is 10.2 Å². The molecule has 0 saturated carbocycles. The van der Waals surface area contributed by atoms with Gasteiger partial charge in [-0.25, -0.2) is 4.98 Å². The fourth-order valence-electron chi connectivity index (χ4n) is 3.08. The topological polar surface area (TPSA) is 48.5 Å². The normalized spacial score (nSPS) is 15.4. The molecule has 0 unspecified atom stereocenters. The largest absolute Gasteiger partial charge is 0.345 e. The van der Waals surface area contributed by atoms with Crippen molar-refractivity contribution < 1.29 is 4.79 Å². The smallest absolute Gasteiger partial charge is 0.248 e. The first-order chi connectivity index (χ1) is 13.6. The Hall–Kier alpha value is -2.41. The van der Waals surface area contributed by atoms with E-state index in [0.29, 0.717) is 5.02 Å². The second-order valence-electron chi connectivity index (χ2n) is 6.81. The summed E-state index contributed by atoms with van der Waals surface area (Å²) >= 11 is 7.78. The fourth-order valence-corrected chi connectivity index (χ4v) is 4.34. The van der Waals surface area contributed by atoms with Crippen LogP contribution < -0.4 is 10.2 Å². The van der Waals surface area contributed by atoms with E-state index >= 15 is 0 Å². The molecule has 1 aliphatic heterocycles. The summed E-state index contributed by atoms with van der Waals surface area (Å²) < 4.78 is 1.07. The maximum atomic E-state index is 12.3. The molecule has 0 atom stereocenters. The van der Waals surface area contributed by atoms with Gasteiger partial charge in [-0.15, -0.1) is 0 Å². The minimum Gasteiger partial charge on any atom is -0.345 e. The lowest BCUT2D eigenvalue weighted by molar-refractivity contribution is -0.111. The van der Waals surface area contributed by atoms with Gasteiger partial charge < -0.3 is 15.1 Å². The van der Waals surface area contributed by atoms with Gasteiger partial charge in [0.2, 0.25) is 5.91 Å². The van der Waals surface area contributed by atoms with E-state index in [1.807, 2.05) is 36.4 Å². The molecule has 2 heterocycles. The zero-order valence-electron chi connectivity index (χ0n) is 15.6. The molecule has 7 heteroatoms. The molecule has 1 N–H and O–H groups in total. The number of piperazine rings is 1. The predicted molar refractivity (Wildman–Crippen MR) is 118 cm³/mol. The molecule has 0 bridgehead atoms. The first kappa shape index (κ1) is 18.9. The number of carbonyl (C=O) groups excluding carboxylic acids is 1. The molecular weight excluding hydrogens is 392 g/mol. The van der Waals surface area contributed by atoms with Crippen LogP contribution in [0.4, 0.5) is 10.8 Å². The Morgan fingerprint density at radius 1 is 1.18 bits per heavy atom. The number of nitrogens with zero attached hydrogens (tertiary/aromatic N) is 3. The number of rotatable bonds is 4. The molecule has 1 aliphatic rings. The van der Waals surface area contributed by atoms with E-state index in [0.717, 1.165) is 52.8 Å². The van der Waals surface area contributed by atoms with E-state index in [2.05, 4.69) is 22.2 Å². The molecule has 0 spiro atoms. The molecule has 1 saturated heterocycles. The van der Waals surface area contributed by atoms with Crippen molar-refractivity contribution >= 4 is 56.0 Å². The summed E-state index contributed by atoms with van der Waals surface area (Å²) in [4.78, 5) is 21.7. The maximum absolute atomic E-state index is 12.3. The Bertz CT molecular complexity index is 1020. The van der Waals surface area contributed by atoms with Gasteiger partial charge in [-0.1, -0.05) is 41.1 Å². The molecular formula is C21H21ClN4OS. The van der Waals surface area contributed by atoms with Gasteiger partial charge in [0, 0.05) is 43.0 Å². The molecule has 2 aromatic carbocycles. The van der Waals surface area contributed by atoms with Gasteiger partial charge in [-0.3, -0.25) is 4.79 Å². The van der Waals surface area contributed by atoms with Crippen LogP contribution in [0.2, 0.25) is 5.02 Å². The highest BCUT2D eigenvalue weighted by Gasteiger charge is 2.17. The fraction of sp³-hybridized carbons (Fsp3) is 0.238. The quantitative estimate of drug-likeness (QED) is 0.647. The highest BCUT2D eigenvalue weighted by Crippen LogP contribution is 2.31. The Labute approximate surface area is 173 Å². The first-order valence-electron chi connectivity index (χ1n) is 9.16. The van der Waals surface area contributed by atoms with Gasteiger partial charge >= 0.3 is 0 Å². The first-order valence-corrected chi connectivity index (χ1v) is 10.4. The Kier molecular flexibility index (Phi) is 5.62. The average Bonchev–Trinajstić information content (AvgIpc) is 3.11. The van der Waals surface area contributed by atoms with E-state index in [1.54, 1.807) is 23.5 Å². The number of hydrogen-bond donors (Lipinski definition) is 1. The molecule has 28 heavy (non-hydrogen) atoms. The molecule has 3 aromatic rings. The summed E-state index contributed by atoms with van der Waals surface area (Å²) in [5.41, 5.74) is 2.53. The number of thiazole rings is 1. The summed E-state index contributed by atoms with van der Waals surface area (Å²) in [6.45, 7) is 4.09. The third kappa shape index (κ3) is 4.35. The minimum atomic E-state index is -0.192. The van der Waals surface area contributed by atoms with Crippen molar-refractivity contribution in [2.75, 3.05) is 43.4 Å². The standard InChI is InChI=1S/C21H21ClN4OS/c1-25-10-12-26(13-11-25)21-24-18-8-7-16(14-19(18)28-21)23-20(27)9-6-15-4-2-3-5-17(15)22/h2-9,14H,10-13H2,1H3,(H,23,27)/b9-6+. The van der Waals surface area contributed by atoms with Crippen molar-refractivity contribution in [2.24, 2.45) is 0 Å². The van der Waals surface area contributed by atoms with E-state index in [9.17, 15) is 4.79 Å². The summed E-state index contributed by atoms with van der Waals surface area (Å²) in [5, 5.41) is 4.57. The average molecular weight is 413 g/mol. The zero-order chi connectivity index (χ0) is 19.5. The second-order valence-corrected chi connectivity index (χ2v) is 8.23. The lowest BCUT2D eigenvalue weighted by Crippen LogP contribution is -2.44. The van der Waals surface area contributed by atoms with Crippen LogP contribution >= 0.6 is 22.9 Å². The number of aromatic nitrogens is 1. The number of likely N-dealkylation sites (N-methyl/N-ethyl adjacent to an activating group) is 1. The Morgan fingerprint density at radius 2 is 1.96 bits per heavy atom. The van der Waals surface area contributed by atoms with Crippen molar-refractivity contribution in [1.82, 2.24) is 9.88 Å². The van der Waals surface area contributed by atoms with E-state index in [1.165, 1.54) is 6.08 Å². The number of hydrogen-bond acceptors (Lipinski definition) is 5. The molecule has 1 fully saturated rings. The van der Waals surface area contributed by atoms with Crippen molar-refractivity contribution in [3.63, 3.8) is 0 Å². The minimum absolute atomic E-state index is 0.192. The SMILES string of the molecule is CN1CCN(c2nc3ccc(NC(=O)/C=C/c4ccccc4Cl)cc3s2)CC1. The number of carbonyl (C=O) groups is 1. The zero-order valence-corrected chi connectivity index (χ0v) is 17.1. The van der Waals surface area contributed by atoms with Crippen molar-refractivity contribution in [1.29, 1.82) is 0 Å². The Balaban J connectivity index is 1.45. The maximum Gasteiger partial charge on any atom is 0.248 e. The number of anilines is 2. The Morgan fingerprint density at radius 3 is 2.75 bits per heavy atom. The molecule has 0 radical (unpaired) electrons. The third-order valence-corrected chi connectivity index (χ3v) is 6.16. The summed E-state index contributed by atoms with van der Waals surface area (Å²) in [6, 6.07) is 13.2. The molecule has 0 aliphatic carbocycles. The third-order valence-electron chi connectivity index (χ3n) is 4.74. The monoisotopic (exact) mass is 412 g/mol. The van der Waals surface area contributed by atoms with Crippen LogP contribution in [0.25, 0.3) is 16.3 Å². The highest BCUT2D eigenvalue weighted by atomic mass is 35.5. The van der Waals surface area contributed by atoms with Crippen LogP contribution in [0.15, 0.2) is 48.5 Å². The number of fused-ring (bicyclic) bond motifs is 1. The highest BCUT2D eigenvalue weighted by molar-refractivity contribution is 7.22. The van der Waals surface area contributed by atoms with Crippen molar-refractivity contribution in [2.45, 2.75) is 0 Å². The number of halogens is 1. The second kappa shape index (κ2) is 8.31. The summed E-state index contributed by atoms with van der Waals surface area (Å²) in [7, 11) is 2.14. The lowest BCUT2D eigenvalue weighted by Gasteiger charge is -2.31. The number of nitrogens with one attached hydrogen (secondary N) is 1. The van der Waals surface area contributed by atoms with E-state index in [4.69, 9.17) is 16.6 Å². The van der Waals surface area contributed by atoms with Crippen LogP contribution in [-0.2, 0) is 4.79 Å². The van der Waals surface area contributed by atoms with Crippen LogP contribution in [0.3, 0.4) is 0 Å². The van der Waals surface area contributed by atoms with Crippen molar-refractivity contribution in [3.8, 4) is 0 Å². The van der Waals surface area contributed by atoms with Crippen LogP contribution in [0, 0.1) is 0 Å². The summed E-state index contributed by atoms with van der Waals surface area (Å²) in [6.07, 6.45) is 3.21. The van der Waals surface area contributed by atoms with Gasteiger partial charge in [0.1, 0.15) is 0 Å². The molecule has 1 aromatic heterocycles. The van der Waals surface area contributed by atoms with E-state index < -0.39 is 0 Å².